The summed E-state index contributed by atoms with van der Waals surface area (Å²) in [4.78, 5) is 60.6. The Morgan fingerprint density at radius 1 is 1.15 bits per heavy atom. The minimum atomic E-state index is -1.31. The molecule has 0 bridgehead atoms. The Bertz CT molecular complexity index is 1240. The average Bonchev–Trinajstić information content (AvgIpc) is 2.75. The first kappa shape index (κ1) is 25.5. The third kappa shape index (κ3) is 6.85. The van der Waals surface area contributed by atoms with E-state index in [-0.39, 0.29) is 68.0 Å². The van der Waals surface area contributed by atoms with Crippen molar-refractivity contribution in [3.8, 4) is 0 Å². The molecule has 1 atom stereocenters. The predicted octanol–water partition coefficient (Wildman–Crippen LogP) is -0.201. The van der Waals surface area contributed by atoms with Crippen LogP contribution in [0.25, 0.3) is 11.2 Å². The number of aliphatic carboxylic acids is 2. The number of aromatic nitrogens is 4. The third-order valence-corrected chi connectivity index (χ3v) is 4.36. The van der Waals surface area contributed by atoms with E-state index >= 15 is 0 Å². The number of nitrogens with zero attached hydrogens (tertiary/aromatic N) is 3. The van der Waals surface area contributed by atoms with Crippen molar-refractivity contribution in [2.45, 2.75) is 25.4 Å². The molecule has 1 aromatic carbocycles. The number of carbonyl (C=O) groups excluding carboxylic acids is 1. The number of nitrogens with one attached hydrogen (secondary N) is 3. The number of anilines is 2. The Morgan fingerprint density at radius 3 is 2.48 bits per heavy atom. The number of fused-ring (bicyclic) bond motifs is 1. The minimum absolute atomic E-state index is 0. The van der Waals surface area contributed by atoms with Crippen LogP contribution in [0.4, 0.5) is 11.6 Å². The summed E-state index contributed by atoms with van der Waals surface area (Å²) in [6, 6.07) is 4.86. The van der Waals surface area contributed by atoms with Crippen LogP contribution in [0.5, 0.6) is 0 Å². The Kier molecular flexibility index (Phi) is 8.64. The minimum Gasteiger partial charge on any atom is -1.00 e. The zero-order valence-electron chi connectivity index (χ0n) is 19.2. The smallest absolute Gasteiger partial charge is 1.00 e. The molecule has 0 saturated heterocycles. The molecule has 0 aliphatic carbocycles. The number of aromatic amines is 1. The van der Waals surface area contributed by atoms with Crippen molar-refractivity contribution in [1.82, 2.24) is 25.3 Å². The van der Waals surface area contributed by atoms with Crippen LogP contribution in [-0.4, -0.2) is 77.1 Å². The van der Waals surface area contributed by atoms with Gasteiger partial charge in [0.25, 0.3) is 11.5 Å². The Balaban J connectivity index is 0.00000385. The summed E-state index contributed by atoms with van der Waals surface area (Å²) < 4.78 is 0. The zero-order chi connectivity index (χ0) is 23.3. The fourth-order valence-corrected chi connectivity index (χ4v) is 2.75. The number of carboxylic acids is 2. The SMILES string of the molecule is Nc1nc2ncc(CNc3ccc(C(=O)N[C@@H](CCC(=O)O)C(=O)O)cc3)nc2c(=O)[nH]1.[H-].[H-].[Mg+2]. The van der Waals surface area contributed by atoms with E-state index in [2.05, 4.69) is 30.6 Å². The summed E-state index contributed by atoms with van der Waals surface area (Å²) in [6.07, 6.45) is 0.840. The van der Waals surface area contributed by atoms with Crippen molar-refractivity contribution >= 4 is 63.7 Å². The summed E-state index contributed by atoms with van der Waals surface area (Å²) in [5.41, 5.74) is 6.47. The maximum Gasteiger partial charge on any atom is 2.00 e. The molecule has 0 unspecified atom stereocenters. The molecule has 0 aliphatic heterocycles. The zero-order valence-corrected chi connectivity index (χ0v) is 18.7. The first-order valence-electron chi connectivity index (χ1n) is 9.33. The van der Waals surface area contributed by atoms with Crippen LogP contribution in [-0.2, 0) is 16.1 Å². The fourth-order valence-electron chi connectivity index (χ4n) is 2.75. The van der Waals surface area contributed by atoms with Crippen molar-refractivity contribution < 1.29 is 27.4 Å². The normalized spacial score (nSPS) is 11.3. The van der Waals surface area contributed by atoms with Crippen molar-refractivity contribution in [2.75, 3.05) is 11.1 Å². The maximum atomic E-state index is 12.3. The molecule has 0 aliphatic rings. The second-order valence-corrected chi connectivity index (χ2v) is 6.71. The van der Waals surface area contributed by atoms with Gasteiger partial charge in [-0.15, -0.1) is 0 Å². The molecule has 3 aromatic rings. The molecule has 0 spiro atoms. The average molecular weight is 468 g/mol. The molecule has 0 saturated carbocycles. The van der Waals surface area contributed by atoms with Gasteiger partial charge in [0.05, 0.1) is 18.4 Å². The first-order valence-corrected chi connectivity index (χ1v) is 9.33. The van der Waals surface area contributed by atoms with Gasteiger partial charge in [-0.2, -0.15) is 4.98 Å². The van der Waals surface area contributed by atoms with Crippen LogP contribution in [0.15, 0.2) is 35.3 Å². The molecule has 170 valence electrons. The Labute approximate surface area is 205 Å². The van der Waals surface area contributed by atoms with Crippen LogP contribution in [0.2, 0.25) is 0 Å². The molecule has 7 N–H and O–H groups in total. The number of carboxylic acid groups (broad SMARTS) is 2. The molecule has 2 aromatic heterocycles. The standard InChI is InChI=1S/C19H19N7O6.Mg.2H/c20-19-25-15-14(17(30)26-19)23-11(8-22-15)7-21-10-3-1-9(2-4-10)16(29)24-12(18(31)32)5-6-13(27)28;;;/h1-4,8,12,21H,5-7H2,(H,24,29)(H,27,28)(H,31,32)(H3,20,22,25,26,30);;;/q;+2;2*-1/t12-;;;/m0.../s1. The van der Waals surface area contributed by atoms with E-state index in [1.807, 2.05) is 0 Å². The van der Waals surface area contributed by atoms with E-state index in [9.17, 15) is 19.2 Å². The van der Waals surface area contributed by atoms with Gasteiger partial charge in [-0.25, -0.2) is 14.8 Å². The summed E-state index contributed by atoms with van der Waals surface area (Å²) >= 11 is 0. The molecular formula is C19H21MgN7O6. The number of benzene rings is 1. The van der Waals surface area contributed by atoms with Gasteiger partial charge >= 0.3 is 35.0 Å². The third-order valence-electron chi connectivity index (χ3n) is 4.36. The molecule has 1 amide bonds. The second-order valence-electron chi connectivity index (χ2n) is 6.71. The number of amides is 1. The number of nitrogen functional groups attached to an aromatic ring is 1. The molecule has 0 fully saturated rings. The Morgan fingerprint density at radius 2 is 1.85 bits per heavy atom. The predicted molar refractivity (Wildman–Crippen MR) is 120 cm³/mol. The molecular weight excluding hydrogens is 447 g/mol. The van der Waals surface area contributed by atoms with Crippen LogP contribution in [0, 0.1) is 0 Å². The number of H-pyrrole nitrogens is 1. The van der Waals surface area contributed by atoms with Crippen LogP contribution >= 0.6 is 0 Å². The largest absolute Gasteiger partial charge is 2.00 e. The van der Waals surface area contributed by atoms with E-state index in [4.69, 9.17) is 15.9 Å². The van der Waals surface area contributed by atoms with E-state index < -0.39 is 29.4 Å². The monoisotopic (exact) mass is 467 g/mol. The van der Waals surface area contributed by atoms with Gasteiger partial charge in [-0.1, -0.05) is 0 Å². The number of hydrogen-bond donors (Lipinski definition) is 6. The van der Waals surface area contributed by atoms with Crippen molar-refractivity contribution in [1.29, 1.82) is 0 Å². The van der Waals surface area contributed by atoms with Crippen molar-refractivity contribution in [3.05, 3.63) is 52.1 Å². The maximum absolute atomic E-state index is 12.3. The molecule has 2 heterocycles. The molecule has 33 heavy (non-hydrogen) atoms. The summed E-state index contributed by atoms with van der Waals surface area (Å²) in [5, 5.41) is 23.2. The van der Waals surface area contributed by atoms with Gasteiger partial charge in [0.2, 0.25) is 5.95 Å². The second kappa shape index (κ2) is 11.2. The number of nitrogens with two attached hydrogens (primary N) is 1. The van der Waals surface area contributed by atoms with Gasteiger partial charge in [-0.3, -0.25) is 19.4 Å². The number of hydrogen-bond acceptors (Lipinski definition) is 9. The van der Waals surface area contributed by atoms with Crippen LogP contribution in [0.3, 0.4) is 0 Å². The van der Waals surface area contributed by atoms with Gasteiger partial charge in [-0.05, 0) is 30.7 Å². The van der Waals surface area contributed by atoms with Crippen molar-refractivity contribution in [2.24, 2.45) is 0 Å². The van der Waals surface area contributed by atoms with E-state index in [1.54, 1.807) is 12.1 Å². The van der Waals surface area contributed by atoms with Gasteiger partial charge in [0.15, 0.2) is 11.2 Å². The van der Waals surface area contributed by atoms with Gasteiger partial charge in [0.1, 0.15) is 6.04 Å². The van der Waals surface area contributed by atoms with Crippen LogP contribution < -0.4 is 21.9 Å². The number of rotatable bonds is 9. The van der Waals surface area contributed by atoms with E-state index in [1.165, 1.54) is 18.3 Å². The topological polar surface area (TPSA) is 213 Å². The van der Waals surface area contributed by atoms with Crippen LogP contribution in [0.1, 0.15) is 31.7 Å². The first-order chi connectivity index (χ1) is 15.2. The van der Waals surface area contributed by atoms with E-state index in [0.717, 1.165) is 0 Å². The quantitative estimate of drug-likeness (QED) is 0.226. The summed E-state index contributed by atoms with van der Waals surface area (Å²) in [7, 11) is 0. The molecule has 13 nitrogen and oxygen atoms in total. The Hall–Kier alpha value is -3.78. The van der Waals surface area contributed by atoms with Gasteiger partial charge in [0, 0.05) is 17.7 Å². The summed E-state index contributed by atoms with van der Waals surface area (Å²) in [6.45, 7) is 0.231. The molecule has 3 rings (SSSR count). The molecule has 0 radical (unpaired) electrons. The van der Waals surface area contributed by atoms with Crippen molar-refractivity contribution in [3.63, 3.8) is 0 Å². The molecule has 14 heteroatoms. The fraction of sp³-hybridized carbons (Fsp3) is 0.211. The number of carbonyl (C=O) groups is 3. The van der Waals surface area contributed by atoms with E-state index in [0.29, 0.717) is 11.4 Å². The van der Waals surface area contributed by atoms with Gasteiger partial charge < -0.3 is 29.4 Å². The summed E-state index contributed by atoms with van der Waals surface area (Å²) in [5.74, 6) is -3.16.